The molecule has 2 nitrogen and oxygen atoms in total. The van der Waals surface area contributed by atoms with Crippen LogP contribution in [0.4, 0.5) is 0 Å². The van der Waals surface area contributed by atoms with Gasteiger partial charge in [-0.3, -0.25) is 4.90 Å². The van der Waals surface area contributed by atoms with Crippen LogP contribution < -0.4 is 5.32 Å². The number of rotatable bonds is 5. The normalized spacial score (nSPS) is 24.1. The number of nitrogens with one attached hydrogen (secondary N) is 1. The standard InChI is InChI=1S/C17H28N2/c1-14(2)19(13-15-9-5-4-6-10-15)17-12-8-7-11-16(17)18-3/h4-6,9-10,14,16-18H,7-8,11-13H2,1-3H3/t16-,17-/m0/s1. The van der Waals surface area contributed by atoms with Gasteiger partial charge in [0.15, 0.2) is 0 Å². The molecule has 1 aliphatic carbocycles. The molecule has 0 bridgehead atoms. The molecule has 1 aromatic carbocycles. The van der Waals surface area contributed by atoms with E-state index in [-0.39, 0.29) is 0 Å². The van der Waals surface area contributed by atoms with E-state index in [1.54, 1.807) is 0 Å². The van der Waals surface area contributed by atoms with Crippen molar-refractivity contribution in [1.29, 1.82) is 0 Å². The zero-order valence-corrected chi connectivity index (χ0v) is 12.6. The summed E-state index contributed by atoms with van der Waals surface area (Å²) in [6.45, 7) is 5.72. The first-order chi connectivity index (χ1) is 9.22. The van der Waals surface area contributed by atoms with Crippen LogP contribution in [0.1, 0.15) is 45.1 Å². The van der Waals surface area contributed by atoms with Gasteiger partial charge in [-0.05, 0) is 39.3 Å². The van der Waals surface area contributed by atoms with Crippen molar-refractivity contribution in [1.82, 2.24) is 10.2 Å². The molecule has 0 radical (unpaired) electrons. The molecule has 2 heteroatoms. The van der Waals surface area contributed by atoms with E-state index in [0.717, 1.165) is 6.54 Å². The summed E-state index contributed by atoms with van der Waals surface area (Å²) in [5.41, 5.74) is 1.43. The smallest absolute Gasteiger partial charge is 0.0255 e. The van der Waals surface area contributed by atoms with Crippen molar-refractivity contribution in [2.75, 3.05) is 7.05 Å². The fourth-order valence-electron chi connectivity index (χ4n) is 3.32. The zero-order valence-electron chi connectivity index (χ0n) is 12.6. The lowest BCUT2D eigenvalue weighted by molar-refractivity contribution is 0.0870. The summed E-state index contributed by atoms with van der Waals surface area (Å²) >= 11 is 0. The van der Waals surface area contributed by atoms with E-state index in [0.29, 0.717) is 18.1 Å². The van der Waals surface area contributed by atoms with Gasteiger partial charge in [-0.25, -0.2) is 0 Å². The lowest BCUT2D eigenvalue weighted by atomic mass is 9.88. The molecule has 0 unspecified atom stereocenters. The Hall–Kier alpha value is -0.860. The fourth-order valence-corrected chi connectivity index (χ4v) is 3.32. The molecule has 1 aliphatic rings. The first kappa shape index (κ1) is 14.5. The van der Waals surface area contributed by atoms with Crippen LogP contribution in [0.5, 0.6) is 0 Å². The minimum atomic E-state index is 0.596. The molecule has 0 heterocycles. The van der Waals surface area contributed by atoms with E-state index in [4.69, 9.17) is 0 Å². The van der Waals surface area contributed by atoms with Gasteiger partial charge in [0.1, 0.15) is 0 Å². The number of likely N-dealkylation sites (N-methyl/N-ethyl adjacent to an activating group) is 1. The second-order valence-electron chi connectivity index (χ2n) is 6.00. The molecular weight excluding hydrogens is 232 g/mol. The highest BCUT2D eigenvalue weighted by atomic mass is 15.2. The predicted octanol–water partition coefficient (Wildman–Crippen LogP) is 3.43. The van der Waals surface area contributed by atoms with Crippen LogP contribution in [0.3, 0.4) is 0 Å². The highest BCUT2D eigenvalue weighted by Gasteiger charge is 2.30. The van der Waals surface area contributed by atoms with Crippen LogP contribution in [-0.2, 0) is 6.54 Å². The number of hydrogen-bond donors (Lipinski definition) is 1. The van der Waals surface area contributed by atoms with Gasteiger partial charge in [0.2, 0.25) is 0 Å². The van der Waals surface area contributed by atoms with Crippen LogP contribution in [0, 0.1) is 0 Å². The van der Waals surface area contributed by atoms with Gasteiger partial charge in [-0.1, -0.05) is 43.2 Å². The highest BCUT2D eigenvalue weighted by molar-refractivity contribution is 5.15. The van der Waals surface area contributed by atoms with Gasteiger partial charge in [0, 0.05) is 24.7 Å². The Labute approximate surface area is 118 Å². The van der Waals surface area contributed by atoms with Crippen molar-refractivity contribution in [3.63, 3.8) is 0 Å². The topological polar surface area (TPSA) is 15.3 Å². The first-order valence-electron chi connectivity index (χ1n) is 7.69. The van der Waals surface area contributed by atoms with Crippen LogP contribution in [-0.4, -0.2) is 30.1 Å². The first-order valence-corrected chi connectivity index (χ1v) is 7.69. The molecule has 1 saturated carbocycles. The Morgan fingerprint density at radius 3 is 2.47 bits per heavy atom. The molecule has 2 rings (SSSR count). The maximum absolute atomic E-state index is 3.53. The van der Waals surface area contributed by atoms with E-state index < -0.39 is 0 Å². The average molecular weight is 260 g/mol. The number of hydrogen-bond acceptors (Lipinski definition) is 2. The van der Waals surface area contributed by atoms with Gasteiger partial charge in [0.25, 0.3) is 0 Å². The van der Waals surface area contributed by atoms with Crippen LogP contribution >= 0.6 is 0 Å². The van der Waals surface area contributed by atoms with Crippen molar-refractivity contribution in [2.45, 2.75) is 64.2 Å². The number of nitrogens with zero attached hydrogens (tertiary/aromatic N) is 1. The molecular formula is C17H28N2. The quantitative estimate of drug-likeness (QED) is 0.872. The summed E-state index contributed by atoms with van der Waals surface area (Å²) < 4.78 is 0. The minimum absolute atomic E-state index is 0.596. The third-order valence-electron chi connectivity index (χ3n) is 4.40. The van der Waals surface area contributed by atoms with Gasteiger partial charge in [0.05, 0.1) is 0 Å². The molecule has 0 aromatic heterocycles. The molecule has 0 saturated heterocycles. The van der Waals surface area contributed by atoms with E-state index >= 15 is 0 Å². The van der Waals surface area contributed by atoms with Crippen molar-refractivity contribution < 1.29 is 0 Å². The molecule has 0 spiro atoms. The van der Waals surface area contributed by atoms with Crippen molar-refractivity contribution in [3.05, 3.63) is 35.9 Å². The Balaban J connectivity index is 2.10. The van der Waals surface area contributed by atoms with Gasteiger partial charge in [-0.2, -0.15) is 0 Å². The molecule has 1 fully saturated rings. The molecule has 1 N–H and O–H groups in total. The molecule has 2 atom stereocenters. The zero-order chi connectivity index (χ0) is 13.7. The Kier molecular flexibility index (Phi) is 5.41. The molecule has 106 valence electrons. The van der Waals surface area contributed by atoms with Crippen molar-refractivity contribution >= 4 is 0 Å². The van der Waals surface area contributed by atoms with Crippen LogP contribution in [0.2, 0.25) is 0 Å². The van der Waals surface area contributed by atoms with E-state index in [2.05, 4.69) is 61.4 Å². The molecule has 0 aliphatic heterocycles. The third-order valence-corrected chi connectivity index (χ3v) is 4.40. The van der Waals surface area contributed by atoms with Crippen LogP contribution in [0.25, 0.3) is 0 Å². The van der Waals surface area contributed by atoms with Crippen molar-refractivity contribution in [3.8, 4) is 0 Å². The van der Waals surface area contributed by atoms with E-state index in [1.165, 1.54) is 31.2 Å². The third kappa shape index (κ3) is 3.80. The average Bonchev–Trinajstić information content (AvgIpc) is 2.45. The largest absolute Gasteiger partial charge is 0.315 e. The monoisotopic (exact) mass is 260 g/mol. The summed E-state index contributed by atoms with van der Waals surface area (Å²) in [5, 5.41) is 3.53. The molecule has 19 heavy (non-hydrogen) atoms. The second-order valence-corrected chi connectivity index (χ2v) is 6.00. The Morgan fingerprint density at radius 1 is 1.16 bits per heavy atom. The summed E-state index contributed by atoms with van der Waals surface area (Å²) in [6.07, 6.45) is 5.40. The van der Waals surface area contributed by atoms with Gasteiger partial charge in [-0.15, -0.1) is 0 Å². The highest BCUT2D eigenvalue weighted by Crippen LogP contribution is 2.26. The minimum Gasteiger partial charge on any atom is -0.315 e. The van der Waals surface area contributed by atoms with Gasteiger partial charge >= 0.3 is 0 Å². The van der Waals surface area contributed by atoms with Crippen molar-refractivity contribution in [2.24, 2.45) is 0 Å². The summed E-state index contributed by atoms with van der Waals surface area (Å²) in [5.74, 6) is 0. The molecule has 0 amide bonds. The summed E-state index contributed by atoms with van der Waals surface area (Å²) in [6, 6.07) is 12.8. The maximum atomic E-state index is 3.53. The lowest BCUT2D eigenvalue weighted by Gasteiger charge is -2.42. The van der Waals surface area contributed by atoms with Gasteiger partial charge < -0.3 is 5.32 Å². The SMILES string of the molecule is CN[C@H]1CCCC[C@@H]1N(Cc1ccccc1)C(C)C. The maximum Gasteiger partial charge on any atom is 0.0255 e. The fraction of sp³-hybridized carbons (Fsp3) is 0.647. The summed E-state index contributed by atoms with van der Waals surface area (Å²) in [4.78, 5) is 2.68. The predicted molar refractivity (Wildman–Crippen MR) is 82.2 cm³/mol. The second kappa shape index (κ2) is 7.06. The van der Waals surface area contributed by atoms with Crippen LogP contribution in [0.15, 0.2) is 30.3 Å². The van der Waals surface area contributed by atoms with E-state index in [9.17, 15) is 0 Å². The molecule has 1 aromatic rings. The summed E-state index contributed by atoms with van der Waals surface area (Å²) in [7, 11) is 2.12. The van der Waals surface area contributed by atoms with E-state index in [1.807, 2.05) is 0 Å². The Morgan fingerprint density at radius 2 is 1.84 bits per heavy atom. The lowest BCUT2D eigenvalue weighted by Crippen LogP contribution is -2.52. The number of benzene rings is 1. The Bertz CT molecular complexity index is 361.